The summed E-state index contributed by atoms with van der Waals surface area (Å²) in [7, 11) is 0. The number of carbonyl (C=O) groups excluding carboxylic acids is 3. The van der Waals surface area contributed by atoms with Gasteiger partial charge in [-0.2, -0.15) is 0 Å². The lowest BCUT2D eigenvalue weighted by Crippen LogP contribution is -2.61. The molecule has 28 heavy (non-hydrogen) atoms. The highest BCUT2D eigenvalue weighted by molar-refractivity contribution is 6.35. The van der Waals surface area contributed by atoms with Crippen LogP contribution in [0.25, 0.3) is 0 Å². The molecule has 1 aliphatic heterocycles. The van der Waals surface area contributed by atoms with Crippen molar-refractivity contribution < 1.29 is 14.4 Å². The van der Waals surface area contributed by atoms with Gasteiger partial charge in [-0.1, -0.05) is 41.1 Å². The molecule has 0 spiro atoms. The Balaban J connectivity index is 2.12. The Morgan fingerprint density at radius 1 is 1.25 bits per heavy atom. The van der Waals surface area contributed by atoms with E-state index in [4.69, 9.17) is 36.0 Å². The van der Waals surface area contributed by atoms with Gasteiger partial charge in [-0.25, -0.2) is 0 Å². The quantitative estimate of drug-likeness (QED) is 0.678. The number of benzene rings is 1. The largest absolute Gasteiger partial charge is 0.345 e. The van der Waals surface area contributed by atoms with Gasteiger partial charge in [0.15, 0.2) is 0 Å². The second-order valence-corrected chi connectivity index (χ2v) is 7.02. The lowest BCUT2D eigenvalue weighted by Gasteiger charge is -2.39. The predicted molar refractivity (Wildman–Crippen MR) is 108 cm³/mol. The molecule has 0 radical (unpaired) electrons. The Hall–Kier alpha value is -2.67. The van der Waals surface area contributed by atoms with Gasteiger partial charge in [0, 0.05) is 16.6 Å². The van der Waals surface area contributed by atoms with Crippen LogP contribution in [0, 0.1) is 24.7 Å². The van der Waals surface area contributed by atoms with E-state index in [1.54, 1.807) is 18.2 Å². The first-order valence-corrected chi connectivity index (χ1v) is 9.28. The van der Waals surface area contributed by atoms with Crippen molar-refractivity contribution in [2.24, 2.45) is 0 Å². The van der Waals surface area contributed by atoms with Gasteiger partial charge < -0.3 is 15.1 Å². The smallest absolute Gasteiger partial charge is 0.246 e. The van der Waals surface area contributed by atoms with Crippen molar-refractivity contribution >= 4 is 40.9 Å². The van der Waals surface area contributed by atoms with Gasteiger partial charge in [0.1, 0.15) is 6.04 Å². The number of amides is 3. The number of halogens is 2. The van der Waals surface area contributed by atoms with Crippen molar-refractivity contribution in [3.8, 4) is 24.7 Å². The van der Waals surface area contributed by atoms with E-state index < -0.39 is 11.9 Å². The van der Waals surface area contributed by atoms with Crippen LogP contribution in [-0.2, 0) is 20.8 Å². The minimum Gasteiger partial charge on any atom is -0.345 e. The molecule has 1 aliphatic rings. The first-order valence-electron chi connectivity index (χ1n) is 8.53. The molecule has 1 N–H and O–H groups in total. The fraction of sp³-hybridized carbons (Fsp3) is 0.350. The molecule has 1 aromatic carbocycles. The SMILES string of the molecule is C#CCNC(=O)CC1C(=O)N(CCc2ccc(Cl)cc2Cl)CC(=O)N1CC#C. The molecule has 146 valence electrons. The Kier molecular flexibility index (Phi) is 7.75. The van der Waals surface area contributed by atoms with Crippen molar-refractivity contribution in [2.45, 2.75) is 18.9 Å². The fourth-order valence-corrected chi connectivity index (χ4v) is 3.41. The first kappa shape index (κ1) is 21.6. The maximum absolute atomic E-state index is 12.9. The van der Waals surface area contributed by atoms with Crippen LogP contribution >= 0.6 is 23.2 Å². The van der Waals surface area contributed by atoms with Gasteiger partial charge in [-0.15, -0.1) is 12.8 Å². The van der Waals surface area contributed by atoms with Crippen LogP contribution < -0.4 is 5.32 Å². The van der Waals surface area contributed by atoms with E-state index in [1.807, 2.05) is 0 Å². The molecule has 1 fully saturated rings. The van der Waals surface area contributed by atoms with E-state index in [1.165, 1.54) is 9.80 Å². The fourth-order valence-electron chi connectivity index (χ4n) is 2.91. The Labute approximate surface area is 174 Å². The topological polar surface area (TPSA) is 69.7 Å². The average molecular weight is 420 g/mol. The summed E-state index contributed by atoms with van der Waals surface area (Å²) in [6.45, 7) is 0.169. The van der Waals surface area contributed by atoms with Crippen molar-refractivity contribution in [3.63, 3.8) is 0 Å². The second kappa shape index (κ2) is 10.0. The molecule has 1 atom stereocenters. The summed E-state index contributed by atoms with van der Waals surface area (Å²) < 4.78 is 0. The molecule has 1 saturated heterocycles. The van der Waals surface area contributed by atoms with Gasteiger partial charge in [-0.05, 0) is 24.1 Å². The summed E-state index contributed by atoms with van der Waals surface area (Å²) in [5.41, 5.74) is 0.806. The van der Waals surface area contributed by atoms with Crippen LogP contribution in [0.15, 0.2) is 18.2 Å². The summed E-state index contributed by atoms with van der Waals surface area (Å²) in [5, 5.41) is 3.50. The number of hydrogen-bond donors (Lipinski definition) is 1. The Bertz CT molecular complexity index is 857. The summed E-state index contributed by atoms with van der Waals surface area (Å²) in [4.78, 5) is 40.1. The average Bonchev–Trinajstić information content (AvgIpc) is 2.65. The minimum atomic E-state index is -0.962. The molecule has 6 nitrogen and oxygen atoms in total. The number of hydrogen-bond acceptors (Lipinski definition) is 3. The van der Waals surface area contributed by atoms with Crippen molar-refractivity contribution in [2.75, 3.05) is 26.2 Å². The number of carbonyl (C=O) groups is 3. The van der Waals surface area contributed by atoms with Crippen LogP contribution in [0.3, 0.4) is 0 Å². The molecule has 8 heteroatoms. The molecule has 1 heterocycles. The highest BCUT2D eigenvalue weighted by Crippen LogP contribution is 2.22. The summed E-state index contributed by atoms with van der Waals surface area (Å²) in [6, 6.07) is 4.14. The zero-order chi connectivity index (χ0) is 20.7. The van der Waals surface area contributed by atoms with Crippen LogP contribution in [-0.4, -0.2) is 59.7 Å². The summed E-state index contributed by atoms with van der Waals surface area (Å²) in [5.74, 6) is 3.58. The molecule has 0 saturated carbocycles. The Morgan fingerprint density at radius 2 is 2.00 bits per heavy atom. The first-order chi connectivity index (χ1) is 13.4. The molecule has 3 amide bonds. The standard InChI is InChI=1S/C20H19Cl2N3O3/c1-3-8-23-18(26)12-17-20(28)24(13-19(27)25(17)9-4-2)10-7-14-5-6-15(21)11-16(14)22/h1-2,5-6,11,17H,7-10,12-13H2,(H,23,26). The molecule has 2 rings (SSSR count). The van der Waals surface area contributed by atoms with Crippen molar-refractivity contribution in [1.29, 1.82) is 0 Å². The van der Waals surface area contributed by atoms with Crippen molar-refractivity contribution in [1.82, 2.24) is 15.1 Å². The van der Waals surface area contributed by atoms with Crippen LogP contribution in [0.1, 0.15) is 12.0 Å². The maximum Gasteiger partial charge on any atom is 0.246 e. The third kappa shape index (κ3) is 5.42. The van der Waals surface area contributed by atoms with Crippen LogP contribution in [0.2, 0.25) is 10.0 Å². The van der Waals surface area contributed by atoms with E-state index in [-0.39, 0.29) is 44.4 Å². The third-order valence-electron chi connectivity index (χ3n) is 4.31. The van der Waals surface area contributed by atoms with Gasteiger partial charge in [-0.3, -0.25) is 14.4 Å². The van der Waals surface area contributed by atoms with E-state index in [0.717, 1.165) is 5.56 Å². The molecule has 1 aromatic rings. The van der Waals surface area contributed by atoms with Gasteiger partial charge in [0.2, 0.25) is 17.7 Å². The number of nitrogens with one attached hydrogen (secondary N) is 1. The highest BCUT2D eigenvalue weighted by atomic mass is 35.5. The van der Waals surface area contributed by atoms with E-state index in [2.05, 4.69) is 17.2 Å². The van der Waals surface area contributed by atoms with Gasteiger partial charge in [0.25, 0.3) is 0 Å². The number of piperazine rings is 1. The lowest BCUT2D eigenvalue weighted by molar-refractivity contribution is -0.156. The van der Waals surface area contributed by atoms with Crippen LogP contribution in [0.5, 0.6) is 0 Å². The zero-order valence-electron chi connectivity index (χ0n) is 15.1. The normalized spacial score (nSPS) is 16.5. The van der Waals surface area contributed by atoms with Gasteiger partial charge >= 0.3 is 0 Å². The molecule has 0 aromatic heterocycles. The molecule has 0 aliphatic carbocycles. The molecule has 1 unspecified atom stereocenters. The molecular weight excluding hydrogens is 401 g/mol. The summed E-state index contributed by atoms with van der Waals surface area (Å²) in [6.07, 6.45) is 10.7. The van der Waals surface area contributed by atoms with E-state index in [9.17, 15) is 14.4 Å². The van der Waals surface area contributed by atoms with Crippen molar-refractivity contribution in [3.05, 3.63) is 33.8 Å². The predicted octanol–water partition coefficient (Wildman–Crippen LogP) is 1.35. The molecule has 0 bridgehead atoms. The van der Waals surface area contributed by atoms with Gasteiger partial charge in [0.05, 0.1) is 26.1 Å². The van der Waals surface area contributed by atoms with E-state index >= 15 is 0 Å². The number of terminal acetylenes is 2. The monoisotopic (exact) mass is 419 g/mol. The Morgan fingerprint density at radius 3 is 2.64 bits per heavy atom. The maximum atomic E-state index is 12.9. The zero-order valence-corrected chi connectivity index (χ0v) is 16.6. The highest BCUT2D eigenvalue weighted by Gasteiger charge is 2.39. The molecular formula is C20H19Cl2N3O3. The third-order valence-corrected chi connectivity index (χ3v) is 4.90. The second-order valence-electron chi connectivity index (χ2n) is 6.17. The number of rotatable bonds is 7. The number of nitrogens with zero attached hydrogens (tertiary/aromatic N) is 2. The van der Waals surface area contributed by atoms with Crippen LogP contribution in [0.4, 0.5) is 0 Å². The minimum absolute atomic E-state index is 0.0433. The lowest BCUT2D eigenvalue weighted by atomic mass is 10.0. The summed E-state index contributed by atoms with van der Waals surface area (Å²) >= 11 is 12.1. The van der Waals surface area contributed by atoms with E-state index in [0.29, 0.717) is 16.5 Å².